The summed E-state index contributed by atoms with van der Waals surface area (Å²) in [5, 5.41) is 9.33. The van der Waals surface area contributed by atoms with Gasteiger partial charge in [-0.2, -0.15) is 0 Å². The second-order valence-corrected chi connectivity index (χ2v) is 3.89. The molecule has 1 aromatic rings. The molecule has 14 heavy (non-hydrogen) atoms. The van der Waals surface area contributed by atoms with E-state index in [-0.39, 0.29) is 18.3 Å². The Balaban J connectivity index is 3.03. The van der Waals surface area contributed by atoms with Gasteiger partial charge in [0.2, 0.25) is 0 Å². The molecule has 0 aliphatic heterocycles. The van der Waals surface area contributed by atoms with Crippen LogP contribution in [0.4, 0.5) is 0 Å². The van der Waals surface area contributed by atoms with E-state index in [1.54, 1.807) is 18.2 Å². The van der Waals surface area contributed by atoms with Crippen molar-refractivity contribution in [3.8, 4) is 0 Å². The average molecular weight is 213 g/mol. The lowest BCUT2D eigenvalue weighted by Crippen LogP contribution is -2.07. The van der Waals surface area contributed by atoms with Crippen molar-refractivity contribution in [3.63, 3.8) is 0 Å². The second-order valence-electron chi connectivity index (χ2n) is 3.48. The van der Waals surface area contributed by atoms with Gasteiger partial charge in [-0.15, -0.1) is 0 Å². The SMILES string of the molecule is CC(C)C(=O)c1ccc(CO)c(Cl)c1. The molecule has 0 heterocycles. The van der Waals surface area contributed by atoms with E-state index in [9.17, 15) is 4.79 Å². The zero-order valence-corrected chi connectivity index (χ0v) is 9.01. The smallest absolute Gasteiger partial charge is 0.165 e. The summed E-state index contributed by atoms with van der Waals surface area (Å²) in [7, 11) is 0. The van der Waals surface area contributed by atoms with Crippen molar-refractivity contribution in [2.24, 2.45) is 5.92 Å². The van der Waals surface area contributed by atoms with Crippen LogP contribution in [0.25, 0.3) is 0 Å². The lowest BCUT2D eigenvalue weighted by molar-refractivity contribution is 0.0939. The molecule has 1 aromatic carbocycles. The summed E-state index contributed by atoms with van der Waals surface area (Å²) in [6.07, 6.45) is 0. The fraction of sp³-hybridized carbons (Fsp3) is 0.364. The largest absolute Gasteiger partial charge is 0.392 e. The van der Waals surface area contributed by atoms with E-state index in [0.717, 1.165) is 0 Å². The first-order chi connectivity index (χ1) is 6.56. The maximum absolute atomic E-state index is 11.6. The Kier molecular flexibility index (Phi) is 3.67. The fourth-order valence-electron chi connectivity index (χ4n) is 1.16. The highest BCUT2D eigenvalue weighted by Crippen LogP contribution is 2.19. The minimum absolute atomic E-state index is 0.0361. The van der Waals surface area contributed by atoms with Gasteiger partial charge in [-0.1, -0.05) is 37.6 Å². The Labute approximate surface area is 88.5 Å². The predicted molar refractivity (Wildman–Crippen MR) is 56.5 cm³/mol. The zero-order valence-electron chi connectivity index (χ0n) is 8.25. The third-order valence-corrected chi connectivity index (χ3v) is 2.38. The molecule has 0 radical (unpaired) electrons. The van der Waals surface area contributed by atoms with Crippen LogP contribution in [0.15, 0.2) is 18.2 Å². The lowest BCUT2D eigenvalue weighted by Gasteiger charge is -2.06. The van der Waals surface area contributed by atoms with E-state index in [0.29, 0.717) is 16.1 Å². The summed E-state index contributed by atoms with van der Waals surface area (Å²) in [4.78, 5) is 11.6. The number of carbonyl (C=O) groups is 1. The number of halogens is 1. The minimum atomic E-state index is -0.102. The first-order valence-electron chi connectivity index (χ1n) is 4.49. The van der Waals surface area contributed by atoms with Gasteiger partial charge in [-0.3, -0.25) is 4.79 Å². The van der Waals surface area contributed by atoms with Gasteiger partial charge in [0.05, 0.1) is 6.61 Å². The van der Waals surface area contributed by atoms with Gasteiger partial charge in [0.1, 0.15) is 0 Å². The van der Waals surface area contributed by atoms with Crippen LogP contribution in [-0.2, 0) is 6.61 Å². The molecule has 0 amide bonds. The van der Waals surface area contributed by atoms with Gasteiger partial charge < -0.3 is 5.11 Å². The highest BCUT2D eigenvalue weighted by molar-refractivity contribution is 6.31. The number of benzene rings is 1. The Morgan fingerprint density at radius 2 is 2.14 bits per heavy atom. The number of Topliss-reactive ketones (excluding diaryl/α,β-unsaturated/α-hetero) is 1. The van der Waals surface area contributed by atoms with E-state index in [2.05, 4.69) is 0 Å². The van der Waals surface area contributed by atoms with Crippen molar-refractivity contribution in [2.75, 3.05) is 0 Å². The van der Waals surface area contributed by atoms with E-state index >= 15 is 0 Å². The van der Waals surface area contributed by atoms with Crippen LogP contribution in [0.5, 0.6) is 0 Å². The molecule has 0 atom stereocenters. The van der Waals surface area contributed by atoms with E-state index in [1.165, 1.54) is 0 Å². The molecule has 1 N–H and O–H groups in total. The fourth-order valence-corrected chi connectivity index (χ4v) is 1.40. The summed E-state index contributed by atoms with van der Waals surface area (Å²) >= 11 is 5.87. The van der Waals surface area contributed by atoms with E-state index in [4.69, 9.17) is 16.7 Å². The van der Waals surface area contributed by atoms with Crippen LogP contribution in [0, 0.1) is 5.92 Å². The van der Waals surface area contributed by atoms with Crippen molar-refractivity contribution in [1.82, 2.24) is 0 Å². The van der Waals surface area contributed by atoms with Crippen molar-refractivity contribution in [1.29, 1.82) is 0 Å². The van der Waals surface area contributed by atoms with Crippen LogP contribution >= 0.6 is 11.6 Å². The highest BCUT2D eigenvalue weighted by Gasteiger charge is 2.11. The number of carbonyl (C=O) groups excluding carboxylic acids is 1. The van der Waals surface area contributed by atoms with Crippen LogP contribution in [0.2, 0.25) is 5.02 Å². The monoisotopic (exact) mass is 212 g/mol. The number of hydrogen-bond acceptors (Lipinski definition) is 2. The van der Waals surface area contributed by atoms with Crippen molar-refractivity contribution in [2.45, 2.75) is 20.5 Å². The Morgan fingerprint density at radius 1 is 1.50 bits per heavy atom. The van der Waals surface area contributed by atoms with Gasteiger partial charge in [0.25, 0.3) is 0 Å². The molecule has 0 saturated carbocycles. The van der Waals surface area contributed by atoms with Crippen molar-refractivity contribution < 1.29 is 9.90 Å². The van der Waals surface area contributed by atoms with Gasteiger partial charge in [-0.25, -0.2) is 0 Å². The van der Waals surface area contributed by atoms with Gasteiger partial charge >= 0.3 is 0 Å². The van der Waals surface area contributed by atoms with Crippen molar-refractivity contribution >= 4 is 17.4 Å². The van der Waals surface area contributed by atoms with Crippen LogP contribution in [-0.4, -0.2) is 10.9 Å². The van der Waals surface area contributed by atoms with Gasteiger partial charge in [-0.05, 0) is 11.6 Å². The molecule has 1 rings (SSSR count). The standard InChI is InChI=1S/C11H13ClO2/c1-7(2)11(14)8-3-4-9(6-13)10(12)5-8/h3-5,7,13H,6H2,1-2H3. The molecule has 0 aliphatic rings. The topological polar surface area (TPSA) is 37.3 Å². The number of ketones is 1. The lowest BCUT2D eigenvalue weighted by atomic mass is 10.0. The normalized spacial score (nSPS) is 10.6. The van der Waals surface area contributed by atoms with Crippen LogP contribution < -0.4 is 0 Å². The van der Waals surface area contributed by atoms with Gasteiger partial charge in [0.15, 0.2) is 5.78 Å². The maximum Gasteiger partial charge on any atom is 0.165 e. The molecule has 0 saturated heterocycles. The molecule has 0 fully saturated rings. The number of aliphatic hydroxyl groups is 1. The molecular formula is C11H13ClO2. The molecule has 2 nitrogen and oxygen atoms in total. The third-order valence-electron chi connectivity index (χ3n) is 2.03. The third kappa shape index (κ3) is 2.34. The van der Waals surface area contributed by atoms with Crippen molar-refractivity contribution in [3.05, 3.63) is 34.3 Å². The summed E-state index contributed by atoms with van der Waals surface area (Å²) in [6.45, 7) is 3.58. The summed E-state index contributed by atoms with van der Waals surface area (Å²) in [6, 6.07) is 4.98. The molecule has 0 aliphatic carbocycles. The molecule has 76 valence electrons. The maximum atomic E-state index is 11.6. The quantitative estimate of drug-likeness (QED) is 0.783. The first kappa shape index (κ1) is 11.2. The zero-order chi connectivity index (χ0) is 10.7. The Hall–Kier alpha value is -0.860. The molecule has 0 unspecified atom stereocenters. The van der Waals surface area contributed by atoms with E-state index < -0.39 is 0 Å². The number of aliphatic hydroxyl groups excluding tert-OH is 1. The second kappa shape index (κ2) is 4.58. The Bertz CT molecular complexity index is 345. The summed E-state index contributed by atoms with van der Waals surface area (Å²) in [5.74, 6) is 0.0300. The van der Waals surface area contributed by atoms with Crippen LogP contribution in [0.3, 0.4) is 0 Å². The molecule has 0 bridgehead atoms. The summed E-state index contributed by atoms with van der Waals surface area (Å²) < 4.78 is 0. The highest BCUT2D eigenvalue weighted by atomic mass is 35.5. The molecular weight excluding hydrogens is 200 g/mol. The first-order valence-corrected chi connectivity index (χ1v) is 4.87. The minimum Gasteiger partial charge on any atom is -0.392 e. The summed E-state index contributed by atoms with van der Waals surface area (Å²) in [5.41, 5.74) is 1.24. The average Bonchev–Trinajstić information content (AvgIpc) is 2.16. The van der Waals surface area contributed by atoms with Crippen LogP contribution in [0.1, 0.15) is 29.8 Å². The predicted octanol–water partition coefficient (Wildman–Crippen LogP) is 2.67. The molecule has 0 spiro atoms. The molecule has 3 heteroatoms. The Morgan fingerprint density at radius 3 is 2.57 bits per heavy atom. The molecule has 0 aromatic heterocycles. The number of rotatable bonds is 3. The van der Waals surface area contributed by atoms with E-state index in [1.807, 2.05) is 13.8 Å². The van der Waals surface area contributed by atoms with Gasteiger partial charge in [0, 0.05) is 16.5 Å². The number of hydrogen-bond donors (Lipinski definition) is 1.